The summed E-state index contributed by atoms with van der Waals surface area (Å²) in [6, 6.07) is 9.52. The molecule has 0 spiro atoms. The van der Waals surface area contributed by atoms with Crippen LogP contribution in [0.25, 0.3) is 0 Å². The van der Waals surface area contributed by atoms with Gasteiger partial charge in [0.15, 0.2) is 0 Å². The summed E-state index contributed by atoms with van der Waals surface area (Å²) in [5.74, 6) is 0. The molecule has 0 aliphatic carbocycles. The predicted molar refractivity (Wildman–Crippen MR) is 47.8 cm³/mol. The Morgan fingerprint density at radius 2 is 1.92 bits per heavy atom. The van der Waals surface area contributed by atoms with Crippen molar-refractivity contribution >= 4 is 0 Å². The second kappa shape index (κ2) is 4.91. The first-order chi connectivity index (χ1) is 5.83. The van der Waals surface area contributed by atoms with E-state index in [0.29, 0.717) is 6.10 Å². The molecule has 0 radical (unpaired) electrons. The predicted octanol–water partition coefficient (Wildman–Crippen LogP) is 1.58. The zero-order valence-electron chi connectivity index (χ0n) is 7.23. The number of epoxide rings is 1. The standard InChI is InChI=1S/C7H8O.C3H6O/c8-6-7-4-2-1-3-5-7;1-3-2-4-3/h1-5,8H,6H2;3H,2H2,1H3. The van der Waals surface area contributed by atoms with Gasteiger partial charge in [-0.25, -0.2) is 0 Å². The number of rotatable bonds is 1. The molecule has 0 aromatic heterocycles. The summed E-state index contributed by atoms with van der Waals surface area (Å²) in [6.07, 6.45) is 0.583. The Labute approximate surface area is 72.8 Å². The first-order valence-electron chi connectivity index (χ1n) is 4.09. The van der Waals surface area contributed by atoms with E-state index in [1.54, 1.807) is 0 Å². The van der Waals surface area contributed by atoms with Gasteiger partial charge in [0.25, 0.3) is 0 Å². The van der Waals surface area contributed by atoms with Gasteiger partial charge in [-0.15, -0.1) is 0 Å². The number of hydrogen-bond acceptors (Lipinski definition) is 2. The molecule has 0 bridgehead atoms. The van der Waals surface area contributed by atoms with Crippen molar-refractivity contribution in [1.82, 2.24) is 0 Å². The number of ether oxygens (including phenoxy) is 1. The lowest BCUT2D eigenvalue weighted by Gasteiger charge is -1.89. The molecule has 1 fully saturated rings. The molecule has 1 N–H and O–H groups in total. The van der Waals surface area contributed by atoms with Crippen LogP contribution in [0, 0.1) is 0 Å². The van der Waals surface area contributed by atoms with Crippen LogP contribution < -0.4 is 0 Å². The summed E-state index contributed by atoms with van der Waals surface area (Å²) >= 11 is 0. The van der Waals surface area contributed by atoms with Gasteiger partial charge >= 0.3 is 0 Å². The molecule has 1 heterocycles. The highest BCUT2D eigenvalue weighted by atomic mass is 16.6. The first kappa shape index (κ1) is 9.23. The molecule has 2 nitrogen and oxygen atoms in total. The highest BCUT2D eigenvalue weighted by molar-refractivity contribution is 5.12. The van der Waals surface area contributed by atoms with E-state index in [0.717, 1.165) is 12.2 Å². The molecule has 1 aliphatic heterocycles. The van der Waals surface area contributed by atoms with E-state index >= 15 is 0 Å². The largest absolute Gasteiger partial charge is 0.392 e. The number of aliphatic hydroxyl groups is 1. The van der Waals surface area contributed by atoms with Crippen molar-refractivity contribution in [3.8, 4) is 0 Å². The third-order valence-electron chi connectivity index (χ3n) is 1.53. The van der Waals surface area contributed by atoms with E-state index in [-0.39, 0.29) is 6.61 Å². The normalized spacial score (nSPS) is 19.3. The van der Waals surface area contributed by atoms with E-state index in [4.69, 9.17) is 9.84 Å². The first-order valence-corrected chi connectivity index (χ1v) is 4.09. The lowest BCUT2D eigenvalue weighted by molar-refractivity contribution is 0.282. The zero-order chi connectivity index (χ0) is 8.81. The molecule has 1 aromatic rings. The quantitative estimate of drug-likeness (QED) is 0.642. The van der Waals surface area contributed by atoms with Gasteiger partial charge in [0, 0.05) is 0 Å². The molecule has 2 rings (SSSR count). The molecule has 1 aromatic carbocycles. The van der Waals surface area contributed by atoms with Crippen molar-refractivity contribution in [3.05, 3.63) is 35.9 Å². The average Bonchev–Trinajstić information content (AvgIpc) is 2.90. The minimum absolute atomic E-state index is 0.140. The van der Waals surface area contributed by atoms with Gasteiger partial charge in [-0.1, -0.05) is 30.3 Å². The molecule has 1 unspecified atom stereocenters. The Bertz CT molecular complexity index is 204. The molecule has 1 saturated heterocycles. The summed E-state index contributed by atoms with van der Waals surface area (Å²) in [6.45, 7) is 3.18. The maximum atomic E-state index is 8.54. The third-order valence-corrected chi connectivity index (χ3v) is 1.53. The Hall–Kier alpha value is -0.860. The van der Waals surface area contributed by atoms with E-state index in [1.165, 1.54) is 0 Å². The number of aliphatic hydroxyl groups excluding tert-OH is 1. The second-order valence-electron chi connectivity index (χ2n) is 2.79. The van der Waals surface area contributed by atoms with E-state index in [1.807, 2.05) is 30.3 Å². The molecule has 1 aliphatic rings. The van der Waals surface area contributed by atoms with Crippen LogP contribution >= 0.6 is 0 Å². The minimum Gasteiger partial charge on any atom is -0.392 e. The molecule has 2 heteroatoms. The van der Waals surface area contributed by atoms with Crippen molar-refractivity contribution in [2.75, 3.05) is 6.61 Å². The Morgan fingerprint density at radius 3 is 2.17 bits per heavy atom. The summed E-state index contributed by atoms with van der Waals surface area (Å²) in [4.78, 5) is 0. The Morgan fingerprint density at radius 1 is 1.42 bits per heavy atom. The topological polar surface area (TPSA) is 32.8 Å². The number of hydrogen-bond donors (Lipinski definition) is 1. The van der Waals surface area contributed by atoms with E-state index < -0.39 is 0 Å². The SMILES string of the molecule is CC1CO1.OCc1ccccc1. The monoisotopic (exact) mass is 166 g/mol. The third kappa shape index (κ3) is 4.11. The van der Waals surface area contributed by atoms with Gasteiger partial charge in [0.05, 0.1) is 19.3 Å². The van der Waals surface area contributed by atoms with Gasteiger partial charge < -0.3 is 9.84 Å². The minimum atomic E-state index is 0.140. The van der Waals surface area contributed by atoms with Gasteiger partial charge in [-0.05, 0) is 12.5 Å². The van der Waals surface area contributed by atoms with Crippen molar-refractivity contribution in [2.24, 2.45) is 0 Å². The zero-order valence-corrected chi connectivity index (χ0v) is 7.23. The van der Waals surface area contributed by atoms with Crippen molar-refractivity contribution in [2.45, 2.75) is 19.6 Å². The van der Waals surface area contributed by atoms with Gasteiger partial charge in [0.1, 0.15) is 0 Å². The molecule has 66 valence electrons. The summed E-state index contributed by atoms with van der Waals surface area (Å²) in [5.41, 5.74) is 0.965. The van der Waals surface area contributed by atoms with Crippen molar-refractivity contribution < 1.29 is 9.84 Å². The second-order valence-corrected chi connectivity index (χ2v) is 2.79. The van der Waals surface area contributed by atoms with Crippen LogP contribution in [0.4, 0.5) is 0 Å². The Kier molecular flexibility index (Phi) is 3.77. The molecular formula is C10H14O2. The van der Waals surface area contributed by atoms with Crippen molar-refractivity contribution in [1.29, 1.82) is 0 Å². The van der Waals surface area contributed by atoms with Gasteiger partial charge in [-0.2, -0.15) is 0 Å². The molecule has 12 heavy (non-hydrogen) atoms. The highest BCUT2D eigenvalue weighted by Gasteiger charge is 2.13. The van der Waals surface area contributed by atoms with Gasteiger partial charge in [0.2, 0.25) is 0 Å². The molecular weight excluding hydrogens is 152 g/mol. The summed E-state index contributed by atoms with van der Waals surface area (Å²) in [5, 5.41) is 8.54. The van der Waals surface area contributed by atoms with Crippen LogP contribution in [0.1, 0.15) is 12.5 Å². The summed E-state index contributed by atoms with van der Waals surface area (Å²) < 4.78 is 4.71. The molecule has 0 amide bonds. The fourth-order valence-electron chi connectivity index (χ4n) is 0.680. The fraction of sp³-hybridized carbons (Fsp3) is 0.400. The summed E-state index contributed by atoms with van der Waals surface area (Å²) in [7, 11) is 0. The lowest BCUT2D eigenvalue weighted by atomic mass is 10.2. The molecule has 0 saturated carbocycles. The lowest BCUT2D eigenvalue weighted by Crippen LogP contribution is -1.77. The smallest absolute Gasteiger partial charge is 0.0781 e. The van der Waals surface area contributed by atoms with Crippen LogP contribution in [0.3, 0.4) is 0 Å². The van der Waals surface area contributed by atoms with E-state index in [9.17, 15) is 0 Å². The highest BCUT2D eigenvalue weighted by Crippen LogP contribution is 2.04. The average molecular weight is 166 g/mol. The maximum Gasteiger partial charge on any atom is 0.0781 e. The maximum absolute atomic E-state index is 8.54. The van der Waals surface area contributed by atoms with Crippen LogP contribution in [-0.2, 0) is 11.3 Å². The van der Waals surface area contributed by atoms with Gasteiger partial charge in [-0.3, -0.25) is 0 Å². The van der Waals surface area contributed by atoms with Crippen LogP contribution in [0.15, 0.2) is 30.3 Å². The Balaban J connectivity index is 0.000000150. The van der Waals surface area contributed by atoms with E-state index in [2.05, 4.69) is 6.92 Å². The fourth-order valence-corrected chi connectivity index (χ4v) is 0.680. The van der Waals surface area contributed by atoms with Crippen molar-refractivity contribution in [3.63, 3.8) is 0 Å². The van der Waals surface area contributed by atoms with Crippen LogP contribution in [-0.4, -0.2) is 17.8 Å². The molecule has 1 atom stereocenters. The number of benzene rings is 1. The van der Waals surface area contributed by atoms with Crippen LogP contribution in [0.5, 0.6) is 0 Å². The van der Waals surface area contributed by atoms with Crippen LogP contribution in [0.2, 0.25) is 0 Å².